The molecule has 3 aromatic heterocycles. The first-order chi connectivity index (χ1) is 20.0. The fraction of sp³-hybridized carbons (Fsp3) is 0.462. The standard InChI is InChI=1S/C26H31F2N11O2/c1-36(6-7-37-8-12-40-13-9-37)24-30-16-17(29)20(32-24)22-33-25(38-10-14-41-15-11-38)35-26(34-22)39-19-5-3-2-4-18(19)31-23(39)21(27)28/h2-5,16,21H,6-15,29H2,1H3. The molecule has 0 saturated carbocycles. The lowest BCUT2D eigenvalue weighted by Crippen LogP contribution is -2.41. The van der Waals surface area contributed by atoms with Crippen molar-refractivity contribution in [2.45, 2.75) is 6.43 Å². The van der Waals surface area contributed by atoms with Crippen LogP contribution < -0.4 is 15.5 Å². The molecular formula is C26H31F2N11O2. The van der Waals surface area contributed by atoms with Gasteiger partial charge in [-0.1, -0.05) is 12.1 Å². The molecule has 13 nitrogen and oxygen atoms in total. The highest BCUT2D eigenvalue weighted by Crippen LogP contribution is 2.29. The summed E-state index contributed by atoms with van der Waals surface area (Å²) >= 11 is 0. The summed E-state index contributed by atoms with van der Waals surface area (Å²) in [6.07, 6.45) is -1.34. The Morgan fingerprint density at radius 1 is 0.927 bits per heavy atom. The number of alkyl halides is 2. The number of morpholine rings is 2. The quantitative estimate of drug-likeness (QED) is 0.332. The maximum Gasteiger partial charge on any atom is 0.296 e. The minimum absolute atomic E-state index is 0.000672. The molecule has 2 aliphatic rings. The number of nitrogen functional groups attached to an aromatic ring is 1. The van der Waals surface area contributed by atoms with Crippen molar-refractivity contribution < 1.29 is 18.3 Å². The van der Waals surface area contributed by atoms with Gasteiger partial charge in [-0.3, -0.25) is 9.47 Å². The number of aromatic nitrogens is 7. The number of hydrogen-bond donors (Lipinski definition) is 1. The van der Waals surface area contributed by atoms with Gasteiger partial charge in [0.15, 0.2) is 11.6 Å². The molecule has 2 saturated heterocycles. The van der Waals surface area contributed by atoms with Crippen LogP contribution in [0.3, 0.4) is 0 Å². The number of anilines is 3. The van der Waals surface area contributed by atoms with Gasteiger partial charge in [0, 0.05) is 46.3 Å². The van der Waals surface area contributed by atoms with Crippen LogP contribution in [0.4, 0.5) is 26.4 Å². The first-order valence-electron chi connectivity index (χ1n) is 13.5. The van der Waals surface area contributed by atoms with E-state index in [2.05, 4.69) is 29.8 Å². The van der Waals surface area contributed by atoms with E-state index in [4.69, 9.17) is 20.2 Å². The zero-order chi connectivity index (χ0) is 28.3. The van der Waals surface area contributed by atoms with Crippen molar-refractivity contribution in [3.05, 3.63) is 36.3 Å². The van der Waals surface area contributed by atoms with E-state index in [0.717, 1.165) is 32.8 Å². The molecule has 0 atom stereocenters. The Hall–Kier alpha value is -4.08. The van der Waals surface area contributed by atoms with E-state index >= 15 is 0 Å². The molecule has 0 radical (unpaired) electrons. The molecule has 2 aliphatic heterocycles. The van der Waals surface area contributed by atoms with Gasteiger partial charge in [0.25, 0.3) is 6.43 Å². The largest absolute Gasteiger partial charge is 0.396 e. The van der Waals surface area contributed by atoms with Gasteiger partial charge in [-0.15, -0.1) is 0 Å². The molecule has 0 bridgehead atoms. The van der Waals surface area contributed by atoms with Crippen LogP contribution in [-0.2, 0) is 9.47 Å². The fourth-order valence-electron chi connectivity index (χ4n) is 4.83. The maximum atomic E-state index is 14.2. The highest BCUT2D eigenvalue weighted by Gasteiger charge is 2.26. The lowest BCUT2D eigenvalue weighted by molar-refractivity contribution is 0.0392. The lowest BCUT2D eigenvalue weighted by Gasteiger charge is -2.28. The van der Waals surface area contributed by atoms with Crippen LogP contribution in [0, 0.1) is 0 Å². The Morgan fingerprint density at radius 3 is 2.39 bits per heavy atom. The van der Waals surface area contributed by atoms with E-state index in [1.54, 1.807) is 24.3 Å². The molecule has 0 spiro atoms. The second kappa shape index (κ2) is 11.8. The number of nitrogens with two attached hydrogens (primary N) is 1. The van der Waals surface area contributed by atoms with Crippen LogP contribution >= 0.6 is 0 Å². The highest BCUT2D eigenvalue weighted by atomic mass is 19.3. The van der Waals surface area contributed by atoms with Gasteiger partial charge in [-0.05, 0) is 12.1 Å². The summed E-state index contributed by atoms with van der Waals surface area (Å²) in [5.41, 5.74) is 7.74. The van der Waals surface area contributed by atoms with Crippen molar-refractivity contribution in [2.75, 3.05) is 88.3 Å². The first-order valence-corrected chi connectivity index (χ1v) is 13.5. The third kappa shape index (κ3) is 5.73. The van der Waals surface area contributed by atoms with Crippen molar-refractivity contribution in [2.24, 2.45) is 0 Å². The van der Waals surface area contributed by atoms with Crippen molar-refractivity contribution in [3.63, 3.8) is 0 Å². The van der Waals surface area contributed by atoms with Gasteiger partial charge >= 0.3 is 0 Å². The molecule has 0 aliphatic carbocycles. The van der Waals surface area contributed by atoms with Gasteiger partial charge in [-0.25, -0.2) is 23.7 Å². The summed E-state index contributed by atoms with van der Waals surface area (Å²) in [6, 6.07) is 6.87. The van der Waals surface area contributed by atoms with Gasteiger partial charge in [-0.2, -0.15) is 15.0 Å². The van der Waals surface area contributed by atoms with Crippen LogP contribution in [-0.4, -0.2) is 112 Å². The van der Waals surface area contributed by atoms with Crippen molar-refractivity contribution >= 4 is 28.6 Å². The molecule has 0 unspecified atom stereocenters. The van der Waals surface area contributed by atoms with Gasteiger partial charge in [0.1, 0.15) is 5.69 Å². The second-order valence-corrected chi connectivity index (χ2v) is 9.80. The zero-order valence-corrected chi connectivity index (χ0v) is 22.7. The first kappa shape index (κ1) is 27.1. The topological polar surface area (TPSA) is 136 Å². The molecule has 0 amide bonds. The molecule has 2 fully saturated rings. The van der Waals surface area contributed by atoms with Gasteiger partial charge in [0.2, 0.25) is 17.8 Å². The minimum atomic E-state index is -2.86. The van der Waals surface area contributed by atoms with Gasteiger partial charge < -0.3 is 25.0 Å². The number of fused-ring (bicyclic) bond motifs is 1. The molecule has 15 heteroatoms. The Labute approximate surface area is 235 Å². The number of benzene rings is 1. The van der Waals surface area contributed by atoms with Crippen LogP contribution in [0.25, 0.3) is 28.5 Å². The average molecular weight is 568 g/mol. The summed E-state index contributed by atoms with van der Waals surface area (Å²) in [7, 11) is 1.90. The number of likely N-dealkylation sites (N-methyl/N-ethyl adjacent to an activating group) is 1. The Bertz CT molecular complexity index is 1510. The summed E-state index contributed by atoms with van der Waals surface area (Å²) in [5, 5.41) is 0. The molecule has 1 aromatic carbocycles. The van der Waals surface area contributed by atoms with Crippen molar-refractivity contribution in [1.29, 1.82) is 0 Å². The Kier molecular flexibility index (Phi) is 7.80. The second-order valence-electron chi connectivity index (χ2n) is 9.80. The normalized spacial score (nSPS) is 16.5. The fourth-order valence-corrected chi connectivity index (χ4v) is 4.83. The number of ether oxygens (including phenoxy) is 2. The minimum Gasteiger partial charge on any atom is -0.396 e. The van der Waals surface area contributed by atoms with Gasteiger partial charge in [0.05, 0.1) is 49.3 Å². The summed E-state index contributed by atoms with van der Waals surface area (Å²) in [6.45, 7) is 6.74. The van der Waals surface area contributed by atoms with E-state index in [0.29, 0.717) is 55.8 Å². The molecule has 41 heavy (non-hydrogen) atoms. The monoisotopic (exact) mass is 567 g/mol. The molecule has 216 valence electrons. The van der Waals surface area contributed by atoms with Crippen LogP contribution in [0.2, 0.25) is 0 Å². The molecule has 2 N–H and O–H groups in total. The molecule has 5 heterocycles. The van der Waals surface area contributed by atoms with Crippen LogP contribution in [0.15, 0.2) is 30.5 Å². The van der Waals surface area contributed by atoms with Crippen LogP contribution in [0.1, 0.15) is 12.2 Å². The number of hydrogen-bond acceptors (Lipinski definition) is 12. The number of rotatable bonds is 8. The zero-order valence-electron chi connectivity index (χ0n) is 22.7. The average Bonchev–Trinajstić information content (AvgIpc) is 3.41. The molecular weight excluding hydrogens is 536 g/mol. The number of imidazole rings is 1. The third-order valence-electron chi connectivity index (χ3n) is 7.10. The number of para-hydroxylation sites is 2. The van der Waals surface area contributed by atoms with E-state index in [1.807, 2.05) is 16.8 Å². The lowest BCUT2D eigenvalue weighted by atomic mass is 10.3. The number of halogens is 2. The summed E-state index contributed by atoms with van der Waals surface area (Å²) < 4.78 is 40.6. The predicted octanol–water partition coefficient (Wildman–Crippen LogP) is 1.79. The van der Waals surface area contributed by atoms with Crippen molar-refractivity contribution in [3.8, 4) is 17.5 Å². The third-order valence-corrected chi connectivity index (χ3v) is 7.10. The number of nitrogens with zero attached hydrogens (tertiary/aromatic N) is 10. The Balaban J connectivity index is 1.41. The Morgan fingerprint density at radius 2 is 1.63 bits per heavy atom. The van der Waals surface area contributed by atoms with Crippen LogP contribution in [0.5, 0.6) is 0 Å². The highest BCUT2D eigenvalue weighted by molar-refractivity contribution is 5.78. The molecule has 4 aromatic rings. The smallest absolute Gasteiger partial charge is 0.296 e. The van der Waals surface area contributed by atoms with E-state index in [9.17, 15) is 8.78 Å². The van der Waals surface area contributed by atoms with E-state index in [-0.39, 0.29) is 23.2 Å². The maximum absolute atomic E-state index is 14.2. The predicted molar refractivity (Wildman–Crippen MR) is 148 cm³/mol. The SMILES string of the molecule is CN(CCN1CCOCC1)c1ncc(N)c(-c2nc(N3CCOCC3)nc(-n3c(C(F)F)nc4ccccc43)n2)n1. The molecule has 6 rings (SSSR count). The summed E-state index contributed by atoms with van der Waals surface area (Å²) in [5.74, 6) is 0.443. The van der Waals surface area contributed by atoms with Crippen molar-refractivity contribution in [1.82, 2.24) is 39.4 Å². The van der Waals surface area contributed by atoms with E-state index < -0.39 is 12.2 Å². The summed E-state index contributed by atoms with van der Waals surface area (Å²) in [4.78, 5) is 33.4. The van der Waals surface area contributed by atoms with E-state index in [1.165, 1.54) is 10.8 Å².